The number of nitrogens with zero attached hydrogens (tertiary/aromatic N) is 2. The standard InChI is InChI=1S/C29H22ClN3O3S/c1-3-16-36-21-14-12-20(13-15-21)17-26-28(35)33(25-11-7-4-8-19(25)2)29(37-26)22(18-31)27(34)32-24-10-6-5-9-23(24)30/h3-15,17H,1,16H2,2H3,(H,32,34)/b26-17+,29-22-. The van der Waals surface area contributed by atoms with Gasteiger partial charge in [0.05, 0.1) is 20.9 Å². The van der Waals surface area contributed by atoms with Crippen LogP contribution in [0.1, 0.15) is 11.1 Å². The van der Waals surface area contributed by atoms with Gasteiger partial charge in [-0.1, -0.05) is 66.7 Å². The summed E-state index contributed by atoms with van der Waals surface area (Å²) in [5, 5.41) is 13.0. The van der Waals surface area contributed by atoms with Crippen LogP contribution in [-0.4, -0.2) is 17.1 Å². The third kappa shape index (κ3) is 5.72. The van der Waals surface area contributed by atoms with Gasteiger partial charge in [-0.25, -0.2) is 0 Å². The topological polar surface area (TPSA) is 84.1 Å². The summed E-state index contributed by atoms with van der Waals surface area (Å²) in [4.78, 5) is 26.8. The van der Waals surface area contributed by atoms with Crippen molar-refractivity contribution in [1.82, 2.24) is 4.57 Å². The van der Waals surface area contributed by atoms with E-state index in [0.717, 1.165) is 22.5 Å². The zero-order valence-corrected chi connectivity index (χ0v) is 21.5. The maximum atomic E-state index is 13.6. The third-order valence-corrected chi connectivity index (χ3v) is 6.82. The molecule has 1 amide bonds. The predicted octanol–water partition coefficient (Wildman–Crippen LogP) is 4.57. The molecular weight excluding hydrogens is 506 g/mol. The first kappa shape index (κ1) is 25.7. The zero-order valence-electron chi connectivity index (χ0n) is 19.9. The second-order valence-electron chi connectivity index (χ2n) is 7.93. The van der Waals surface area contributed by atoms with Crippen molar-refractivity contribution in [3.8, 4) is 17.5 Å². The molecule has 8 heteroatoms. The number of rotatable bonds is 7. The third-order valence-electron chi connectivity index (χ3n) is 5.40. The van der Waals surface area contributed by atoms with Gasteiger partial charge in [-0.15, -0.1) is 11.3 Å². The van der Waals surface area contributed by atoms with E-state index in [1.54, 1.807) is 60.7 Å². The van der Waals surface area contributed by atoms with Gasteiger partial charge >= 0.3 is 0 Å². The van der Waals surface area contributed by atoms with Gasteiger partial charge in [-0.3, -0.25) is 14.2 Å². The Hall–Kier alpha value is -4.38. The fourth-order valence-electron chi connectivity index (χ4n) is 3.59. The largest absolute Gasteiger partial charge is 0.490 e. The quantitative estimate of drug-likeness (QED) is 0.357. The monoisotopic (exact) mass is 527 g/mol. The number of hydrogen-bond acceptors (Lipinski definition) is 5. The van der Waals surface area contributed by atoms with Crippen LogP contribution >= 0.6 is 22.9 Å². The Labute approximate surface area is 222 Å². The Morgan fingerprint density at radius 3 is 2.51 bits per heavy atom. The molecular formula is C29H22ClN3O3S. The van der Waals surface area contributed by atoms with Crippen molar-refractivity contribution >= 4 is 46.2 Å². The smallest absolute Gasteiger partial charge is 0.273 e. The number of benzene rings is 3. The van der Waals surface area contributed by atoms with Crippen LogP contribution in [0.3, 0.4) is 0 Å². The zero-order chi connectivity index (χ0) is 26.4. The average molecular weight is 528 g/mol. The summed E-state index contributed by atoms with van der Waals surface area (Å²) in [6, 6.07) is 23.3. The number of nitrogens with one attached hydrogen (secondary N) is 1. The van der Waals surface area contributed by atoms with Gasteiger partial charge in [0.15, 0.2) is 5.57 Å². The number of aromatic nitrogens is 1. The fourth-order valence-corrected chi connectivity index (χ4v) is 4.87. The van der Waals surface area contributed by atoms with E-state index in [2.05, 4.69) is 11.9 Å². The van der Waals surface area contributed by atoms with E-state index in [9.17, 15) is 14.9 Å². The van der Waals surface area contributed by atoms with E-state index in [1.807, 2.05) is 37.3 Å². The maximum Gasteiger partial charge on any atom is 0.273 e. The van der Waals surface area contributed by atoms with E-state index < -0.39 is 5.91 Å². The molecule has 4 rings (SSSR count). The molecule has 0 atom stereocenters. The first-order chi connectivity index (χ1) is 17.9. The number of thiazole rings is 1. The number of anilines is 1. The molecule has 3 aromatic carbocycles. The minimum absolute atomic E-state index is 0.196. The molecule has 0 aliphatic carbocycles. The summed E-state index contributed by atoms with van der Waals surface area (Å²) in [5.74, 6) is 0.0204. The molecule has 0 fully saturated rings. The van der Waals surface area contributed by atoms with Crippen molar-refractivity contribution in [2.75, 3.05) is 11.9 Å². The highest BCUT2D eigenvalue weighted by Crippen LogP contribution is 2.21. The van der Waals surface area contributed by atoms with Gasteiger partial charge in [0.2, 0.25) is 0 Å². The van der Waals surface area contributed by atoms with Crippen molar-refractivity contribution < 1.29 is 9.53 Å². The van der Waals surface area contributed by atoms with Crippen LogP contribution in [0.25, 0.3) is 17.3 Å². The summed E-state index contributed by atoms with van der Waals surface area (Å²) >= 11 is 7.27. The average Bonchev–Trinajstić information content (AvgIpc) is 3.20. The highest BCUT2D eigenvalue weighted by Gasteiger charge is 2.18. The number of para-hydroxylation sites is 2. The van der Waals surface area contributed by atoms with Crippen molar-refractivity contribution in [3.05, 3.63) is 121 Å². The molecule has 184 valence electrons. The number of aryl methyl sites for hydroxylation is 1. The van der Waals surface area contributed by atoms with E-state index in [0.29, 0.717) is 33.3 Å². The summed E-state index contributed by atoms with van der Waals surface area (Å²) in [7, 11) is 0. The first-order valence-electron chi connectivity index (χ1n) is 11.3. The van der Waals surface area contributed by atoms with Crippen LogP contribution in [-0.2, 0) is 4.79 Å². The lowest BCUT2D eigenvalue weighted by Crippen LogP contribution is -2.32. The number of carbonyl (C=O) groups excluding carboxylic acids is 1. The Balaban J connectivity index is 1.91. The van der Waals surface area contributed by atoms with Crippen LogP contribution in [0.4, 0.5) is 5.69 Å². The van der Waals surface area contributed by atoms with Crippen LogP contribution in [0, 0.1) is 18.3 Å². The van der Waals surface area contributed by atoms with E-state index >= 15 is 0 Å². The van der Waals surface area contributed by atoms with Crippen molar-refractivity contribution in [3.63, 3.8) is 0 Å². The second kappa shape index (κ2) is 11.6. The lowest BCUT2D eigenvalue weighted by atomic mass is 10.2. The maximum absolute atomic E-state index is 13.6. The molecule has 0 saturated heterocycles. The lowest BCUT2D eigenvalue weighted by Gasteiger charge is -2.08. The molecule has 1 aromatic heterocycles. The highest BCUT2D eigenvalue weighted by molar-refractivity contribution is 7.07. The Morgan fingerprint density at radius 2 is 1.84 bits per heavy atom. The molecule has 0 aliphatic rings. The molecule has 6 nitrogen and oxygen atoms in total. The summed E-state index contributed by atoms with van der Waals surface area (Å²) in [5.41, 5.74) is 2.02. The van der Waals surface area contributed by atoms with Crippen molar-refractivity contribution in [2.45, 2.75) is 6.92 Å². The number of amides is 1. The van der Waals surface area contributed by atoms with Crippen molar-refractivity contribution in [1.29, 1.82) is 5.26 Å². The molecule has 1 N–H and O–H groups in total. The summed E-state index contributed by atoms with van der Waals surface area (Å²) < 4.78 is 7.53. The number of halogens is 1. The molecule has 1 heterocycles. The summed E-state index contributed by atoms with van der Waals surface area (Å²) in [6.45, 7) is 5.89. The number of ether oxygens (including phenoxy) is 1. The van der Waals surface area contributed by atoms with Gasteiger partial charge in [0.1, 0.15) is 23.1 Å². The lowest BCUT2D eigenvalue weighted by molar-refractivity contribution is -0.111. The first-order valence-corrected chi connectivity index (χ1v) is 12.5. The fraction of sp³-hybridized carbons (Fsp3) is 0.0690. The molecule has 0 radical (unpaired) electrons. The van der Waals surface area contributed by atoms with Gasteiger partial charge in [-0.2, -0.15) is 5.26 Å². The minimum Gasteiger partial charge on any atom is -0.490 e. The molecule has 0 bridgehead atoms. The SMILES string of the molecule is C=CCOc1ccc(/C=c2/s/c(=C(/C#N)C(=O)Nc3ccccc3Cl)n(-c3ccccc3C)c2=O)cc1. The van der Waals surface area contributed by atoms with Crippen LogP contribution < -0.4 is 24.8 Å². The number of nitriles is 1. The number of carbonyl (C=O) groups is 1. The molecule has 0 saturated carbocycles. The number of hydrogen-bond donors (Lipinski definition) is 1. The second-order valence-corrected chi connectivity index (χ2v) is 9.37. The highest BCUT2D eigenvalue weighted by atomic mass is 35.5. The van der Waals surface area contributed by atoms with Gasteiger partial charge < -0.3 is 10.1 Å². The van der Waals surface area contributed by atoms with Crippen LogP contribution in [0.15, 0.2) is 90.2 Å². The van der Waals surface area contributed by atoms with E-state index in [-0.39, 0.29) is 15.8 Å². The normalized spacial score (nSPS) is 12.0. The molecule has 0 aliphatic heterocycles. The van der Waals surface area contributed by atoms with Crippen LogP contribution in [0.2, 0.25) is 5.02 Å². The van der Waals surface area contributed by atoms with Gasteiger partial charge in [-0.05, 0) is 54.5 Å². The van der Waals surface area contributed by atoms with Crippen molar-refractivity contribution in [2.24, 2.45) is 0 Å². The molecule has 37 heavy (non-hydrogen) atoms. The Bertz CT molecular complexity index is 1700. The van der Waals surface area contributed by atoms with E-state index in [1.165, 1.54) is 4.57 Å². The van der Waals surface area contributed by atoms with Gasteiger partial charge in [0.25, 0.3) is 11.5 Å². The molecule has 0 unspecified atom stereocenters. The van der Waals surface area contributed by atoms with Crippen LogP contribution in [0.5, 0.6) is 5.75 Å². The summed E-state index contributed by atoms with van der Waals surface area (Å²) in [6.07, 6.45) is 3.38. The predicted molar refractivity (Wildman–Crippen MR) is 149 cm³/mol. The molecule has 4 aromatic rings. The Morgan fingerprint density at radius 1 is 1.14 bits per heavy atom. The van der Waals surface area contributed by atoms with Gasteiger partial charge in [0, 0.05) is 0 Å². The molecule has 0 spiro atoms. The van der Waals surface area contributed by atoms with E-state index in [4.69, 9.17) is 16.3 Å². The minimum atomic E-state index is -0.658. The Kier molecular flexibility index (Phi) is 8.04.